The van der Waals surface area contributed by atoms with Crippen LogP contribution in [0.2, 0.25) is 10.0 Å². The molecule has 0 bridgehead atoms. The van der Waals surface area contributed by atoms with Crippen LogP contribution in [0, 0.1) is 0 Å². The van der Waals surface area contributed by atoms with Crippen LogP contribution in [0.4, 0.5) is 0 Å². The first-order chi connectivity index (χ1) is 15.4. The number of hydrogen-bond donors (Lipinski definition) is 0. The SMILES string of the molecule is COc1cc(OC)cc(C(=O)N2CCSC23CCN(C(=O)c2ccc(Cl)c(Cl)c2)CC3)c1. The molecule has 2 aliphatic rings. The van der Waals surface area contributed by atoms with Crippen molar-refractivity contribution in [1.29, 1.82) is 0 Å². The zero-order chi connectivity index (χ0) is 22.9. The van der Waals surface area contributed by atoms with Gasteiger partial charge in [0.25, 0.3) is 11.8 Å². The van der Waals surface area contributed by atoms with Crippen molar-refractivity contribution in [2.24, 2.45) is 0 Å². The molecular formula is C23H24Cl2N2O4S. The number of rotatable bonds is 4. The third kappa shape index (κ3) is 4.38. The Morgan fingerprint density at radius 2 is 1.53 bits per heavy atom. The maximum Gasteiger partial charge on any atom is 0.255 e. The summed E-state index contributed by atoms with van der Waals surface area (Å²) in [6.07, 6.45) is 1.41. The van der Waals surface area contributed by atoms with Crippen molar-refractivity contribution >= 4 is 46.8 Å². The van der Waals surface area contributed by atoms with Gasteiger partial charge in [0, 0.05) is 42.6 Å². The van der Waals surface area contributed by atoms with Crippen molar-refractivity contribution < 1.29 is 19.1 Å². The van der Waals surface area contributed by atoms with Gasteiger partial charge in [0.1, 0.15) is 11.5 Å². The topological polar surface area (TPSA) is 59.1 Å². The summed E-state index contributed by atoms with van der Waals surface area (Å²) in [5.41, 5.74) is 1.06. The highest BCUT2D eigenvalue weighted by Gasteiger charge is 2.47. The van der Waals surface area contributed by atoms with Crippen molar-refractivity contribution in [1.82, 2.24) is 9.80 Å². The van der Waals surface area contributed by atoms with Crippen LogP contribution in [-0.2, 0) is 0 Å². The molecule has 170 valence electrons. The standard InChI is InChI=1S/C23H24Cl2N2O4S/c1-30-17-11-16(12-18(14-17)31-2)22(29)27-9-10-32-23(27)5-7-26(8-6-23)21(28)15-3-4-19(24)20(25)13-15/h3-4,11-14H,5-10H2,1-2H3. The molecule has 1 spiro atoms. The van der Waals surface area contributed by atoms with Gasteiger partial charge in [-0.3, -0.25) is 9.59 Å². The summed E-state index contributed by atoms with van der Waals surface area (Å²) in [4.78, 5) is 29.9. The van der Waals surface area contributed by atoms with Crippen LogP contribution in [0.1, 0.15) is 33.6 Å². The Balaban J connectivity index is 1.50. The molecule has 0 aromatic heterocycles. The van der Waals surface area contributed by atoms with E-state index in [-0.39, 0.29) is 16.7 Å². The normalized spacial score (nSPS) is 17.5. The summed E-state index contributed by atoms with van der Waals surface area (Å²) in [5, 5.41) is 0.786. The second kappa shape index (κ2) is 9.41. The lowest BCUT2D eigenvalue weighted by atomic mass is 10.00. The van der Waals surface area contributed by atoms with E-state index in [1.54, 1.807) is 62.4 Å². The number of methoxy groups -OCH3 is 2. The van der Waals surface area contributed by atoms with Crippen LogP contribution < -0.4 is 9.47 Å². The highest BCUT2D eigenvalue weighted by molar-refractivity contribution is 8.00. The fourth-order valence-electron chi connectivity index (χ4n) is 4.27. The molecule has 2 saturated heterocycles. The van der Waals surface area contributed by atoms with E-state index in [9.17, 15) is 9.59 Å². The van der Waals surface area contributed by atoms with E-state index < -0.39 is 0 Å². The largest absolute Gasteiger partial charge is 0.497 e. The summed E-state index contributed by atoms with van der Waals surface area (Å²) in [6.45, 7) is 1.80. The number of carbonyl (C=O) groups excluding carboxylic acids is 2. The fraction of sp³-hybridized carbons (Fsp3) is 0.391. The lowest BCUT2D eigenvalue weighted by Gasteiger charge is -2.44. The average molecular weight is 495 g/mol. The number of carbonyl (C=O) groups is 2. The molecule has 0 unspecified atom stereocenters. The fourth-order valence-corrected chi connectivity index (χ4v) is 6.02. The first kappa shape index (κ1) is 23.1. The molecule has 0 aliphatic carbocycles. The van der Waals surface area contributed by atoms with E-state index in [1.165, 1.54) is 0 Å². The van der Waals surface area contributed by atoms with Crippen LogP contribution in [0.3, 0.4) is 0 Å². The lowest BCUT2D eigenvalue weighted by Crippen LogP contribution is -2.53. The van der Waals surface area contributed by atoms with E-state index >= 15 is 0 Å². The predicted octanol–water partition coefficient (Wildman–Crippen LogP) is 4.83. The Hall–Kier alpha value is -2.09. The molecule has 2 aliphatic heterocycles. The summed E-state index contributed by atoms with van der Waals surface area (Å²) >= 11 is 13.9. The molecule has 0 saturated carbocycles. The summed E-state index contributed by atoms with van der Waals surface area (Å²) < 4.78 is 10.7. The summed E-state index contributed by atoms with van der Waals surface area (Å²) in [7, 11) is 3.13. The zero-order valence-corrected chi connectivity index (χ0v) is 20.2. The smallest absolute Gasteiger partial charge is 0.255 e. The van der Waals surface area contributed by atoms with Gasteiger partial charge in [-0.05, 0) is 43.2 Å². The third-order valence-electron chi connectivity index (χ3n) is 6.02. The summed E-state index contributed by atoms with van der Waals surface area (Å²) in [5.74, 6) is 1.91. The number of halogens is 2. The van der Waals surface area contributed by atoms with E-state index in [0.29, 0.717) is 65.1 Å². The van der Waals surface area contributed by atoms with E-state index in [0.717, 1.165) is 5.75 Å². The molecule has 6 nitrogen and oxygen atoms in total. The van der Waals surface area contributed by atoms with Crippen LogP contribution in [-0.4, -0.2) is 66.1 Å². The predicted molar refractivity (Wildman–Crippen MR) is 127 cm³/mol. The minimum absolute atomic E-state index is 0.0449. The van der Waals surface area contributed by atoms with E-state index in [1.807, 2.05) is 9.80 Å². The monoisotopic (exact) mass is 494 g/mol. The Bertz CT molecular complexity index is 1020. The molecule has 2 fully saturated rings. The molecule has 4 rings (SSSR count). The first-order valence-electron chi connectivity index (χ1n) is 10.3. The number of benzene rings is 2. The molecule has 0 radical (unpaired) electrons. The van der Waals surface area contributed by atoms with Crippen molar-refractivity contribution in [3.63, 3.8) is 0 Å². The van der Waals surface area contributed by atoms with Crippen molar-refractivity contribution in [3.05, 3.63) is 57.6 Å². The third-order valence-corrected chi connectivity index (χ3v) is 8.31. The van der Waals surface area contributed by atoms with Crippen molar-refractivity contribution in [2.75, 3.05) is 39.6 Å². The van der Waals surface area contributed by atoms with Gasteiger partial charge in [0.15, 0.2) is 0 Å². The Kier molecular flexibility index (Phi) is 6.79. The molecule has 2 aromatic rings. The van der Waals surface area contributed by atoms with Gasteiger partial charge in [-0.1, -0.05) is 23.2 Å². The molecule has 0 atom stereocenters. The minimum atomic E-state index is -0.318. The highest BCUT2D eigenvalue weighted by Crippen LogP contribution is 2.45. The van der Waals surface area contributed by atoms with E-state index in [2.05, 4.69) is 0 Å². The maximum atomic E-state index is 13.5. The molecular weight excluding hydrogens is 471 g/mol. The molecule has 9 heteroatoms. The quantitative estimate of drug-likeness (QED) is 0.608. The van der Waals surface area contributed by atoms with Gasteiger partial charge in [0.2, 0.25) is 0 Å². The zero-order valence-electron chi connectivity index (χ0n) is 17.9. The van der Waals surface area contributed by atoms with Crippen LogP contribution in [0.25, 0.3) is 0 Å². The Labute approximate surface area is 201 Å². The van der Waals surface area contributed by atoms with Crippen LogP contribution in [0.15, 0.2) is 36.4 Å². The Morgan fingerprint density at radius 3 is 2.12 bits per heavy atom. The molecule has 2 aromatic carbocycles. The van der Waals surface area contributed by atoms with Gasteiger partial charge >= 0.3 is 0 Å². The van der Waals surface area contributed by atoms with Gasteiger partial charge in [0.05, 0.1) is 29.1 Å². The average Bonchev–Trinajstić information content (AvgIpc) is 3.22. The lowest BCUT2D eigenvalue weighted by molar-refractivity contribution is 0.0497. The van der Waals surface area contributed by atoms with Gasteiger partial charge in [-0.25, -0.2) is 0 Å². The van der Waals surface area contributed by atoms with Gasteiger partial charge in [-0.2, -0.15) is 0 Å². The number of likely N-dealkylation sites (tertiary alicyclic amines) is 1. The minimum Gasteiger partial charge on any atom is -0.497 e. The molecule has 2 heterocycles. The molecule has 0 N–H and O–H groups in total. The van der Waals surface area contributed by atoms with Crippen molar-refractivity contribution in [2.45, 2.75) is 17.7 Å². The number of hydrogen-bond acceptors (Lipinski definition) is 5. The van der Waals surface area contributed by atoms with Crippen molar-refractivity contribution in [3.8, 4) is 11.5 Å². The van der Waals surface area contributed by atoms with Crippen LogP contribution >= 0.6 is 35.0 Å². The van der Waals surface area contributed by atoms with E-state index in [4.69, 9.17) is 32.7 Å². The highest BCUT2D eigenvalue weighted by atomic mass is 35.5. The van der Waals surface area contributed by atoms with Crippen LogP contribution in [0.5, 0.6) is 11.5 Å². The molecule has 2 amide bonds. The summed E-state index contributed by atoms with van der Waals surface area (Å²) in [6, 6.07) is 10.2. The second-order valence-electron chi connectivity index (χ2n) is 7.77. The van der Waals surface area contributed by atoms with Gasteiger partial charge in [-0.15, -0.1) is 11.8 Å². The maximum absolute atomic E-state index is 13.5. The number of ether oxygens (including phenoxy) is 2. The van der Waals surface area contributed by atoms with Gasteiger partial charge < -0.3 is 19.3 Å². The number of amides is 2. The molecule has 32 heavy (non-hydrogen) atoms. The second-order valence-corrected chi connectivity index (χ2v) is 10.0. The Morgan fingerprint density at radius 1 is 0.875 bits per heavy atom. The number of thioether (sulfide) groups is 1. The number of piperidine rings is 1. The number of nitrogens with zero attached hydrogens (tertiary/aromatic N) is 2. The first-order valence-corrected chi connectivity index (χ1v) is 12.0.